The fourth-order valence-corrected chi connectivity index (χ4v) is 3.57. The van der Waals surface area contributed by atoms with Gasteiger partial charge in [0.15, 0.2) is 0 Å². The topological polar surface area (TPSA) is 42.4 Å². The number of aromatic nitrogens is 1. The van der Waals surface area contributed by atoms with Gasteiger partial charge in [-0.15, -0.1) is 0 Å². The molecule has 3 aromatic rings. The van der Waals surface area contributed by atoms with Gasteiger partial charge in [-0.1, -0.05) is 30.3 Å². The summed E-state index contributed by atoms with van der Waals surface area (Å²) in [4.78, 5) is 19.6. The second kappa shape index (κ2) is 5.84. The molecule has 4 rings (SSSR count). The van der Waals surface area contributed by atoms with Crippen molar-refractivity contribution in [1.29, 1.82) is 0 Å². The predicted octanol–water partition coefficient (Wildman–Crippen LogP) is 4.66. The van der Waals surface area contributed by atoms with Gasteiger partial charge in [-0.2, -0.15) is 0 Å². The Morgan fingerprint density at radius 2 is 1.81 bits per heavy atom. The molecule has 0 aliphatic carbocycles. The Morgan fingerprint density at radius 1 is 1.08 bits per heavy atom. The summed E-state index contributed by atoms with van der Waals surface area (Å²) < 4.78 is 5.42. The number of hydrogen-bond acceptors (Lipinski definition) is 3. The molecule has 4 heteroatoms. The van der Waals surface area contributed by atoms with Gasteiger partial charge >= 0.3 is 0 Å². The number of pyridine rings is 1. The first-order valence-corrected chi connectivity index (χ1v) is 8.78. The van der Waals surface area contributed by atoms with Gasteiger partial charge in [0.2, 0.25) is 0 Å². The summed E-state index contributed by atoms with van der Waals surface area (Å²) in [5.41, 5.74) is 4.29. The third-order valence-corrected chi connectivity index (χ3v) is 4.93. The zero-order valence-electron chi connectivity index (χ0n) is 15.5. The summed E-state index contributed by atoms with van der Waals surface area (Å²) in [6.07, 6.45) is 0. The molecule has 4 nitrogen and oxygen atoms in total. The number of nitrogens with zero attached hydrogens (tertiary/aromatic N) is 2. The van der Waals surface area contributed by atoms with E-state index in [1.165, 1.54) is 0 Å². The van der Waals surface area contributed by atoms with Crippen LogP contribution in [0.2, 0.25) is 0 Å². The molecule has 132 valence electrons. The molecule has 0 saturated heterocycles. The molecular weight excluding hydrogens is 324 g/mol. The van der Waals surface area contributed by atoms with Crippen LogP contribution in [0.3, 0.4) is 0 Å². The lowest BCUT2D eigenvalue weighted by atomic mass is 9.95. The molecule has 1 aliphatic heterocycles. The van der Waals surface area contributed by atoms with E-state index in [9.17, 15) is 4.79 Å². The van der Waals surface area contributed by atoms with Crippen LogP contribution in [0.4, 0.5) is 0 Å². The number of carbonyl (C=O) groups excluding carboxylic acids is 1. The molecule has 0 spiro atoms. The van der Waals surface area contributed by atoms with Crippen molar-refractivity contribution in [3.63, 3.8) is 0 Å². The SMILES string of the molecule is COc1ccc2nc3c(c(-c4ccccc4)c2c1)CN(C(C)(C)C)C3=O. The van der Waals surface area contributed by atoms with E-state index in [1.54, 1.807) is 7.11 Å². The molecule has 2 heterocycles. The van der Waals surface area contributed by atoms with E-state index in [2.05, 4.69) is 32.9 Å². The van der Waals surface area contributed by atoms with Crippen molar-refractivity contribution >= 4 is 16.8 Å². The van der Waals surface area contributed by atoms with Gasteiger partial charge in [-0.05, 0) is 50.1 Å². The second-order valence-electron chi connectivity index (χ2n) is 7.63. The number of rotatable bonds is 2. The van der Waals surface area contributed by atoms with Crippen molar-refractivity contribution < 1.29 is 9.53 Å². The highest BCUT2D eigenvalue weighted by Gasteiger charge is 2.38. The van der Waals surface area contributed by atoms with E-state index in [4.69, 9.17) is 9.72 Å². The van der Waals surface area contributed by atoms with E-state index in [-0.39, 0.29) is 11.4 Å². The minimum Gasteiger partial charge on any atom is -0.497 e. The maximum Gasteiger partial charge on any atom is 0.273 e. The van der Waals surface area contributed by atoms with Crippen LogP contribution in [0.25, 0.3) is 22.0 Å². The van der Waals surface area contributed by atoms with Crippen molar-refractivity contribution in [1.82, 2.24) is 9.88 Å². The Kier molecular flexibility index (Phi) is 3.72. The summed E-state index contributed by atoms with van der Waals surface area (Å²) in [7, 11) is 1.66. The summed E-state index contributed by atoms with van der Waals surface area (Å²) >= 11 is 0. The number of fused-ring (bicyclic) bond motifs is 2. The Bertz CT molecular complexity index is 1000. The highest BCUT2D eigenvalue weighted by atomic mass is 16.5. The van der Waals surface area contributed by atoms with Crippen LogP contribution in [-0.2, 0) is 6.54 Å². The third kappa shape index (κ3) is 2.53. The number of hydrogen-bond donors (Lipinski definition) is 0. The van der Waals surface area contributed by atoms with Crippen molar-refractivity contribution in [3.8, 4) is 16.9 Å². The predicted molar refractivity (Wildman–Crippen MR) is 103 cm³/mol. The van der Waals surface area contributed by atoms with Crippen LogP contribution in [-0.4, -0.2) is 28.4 Å². The standard InChI is InChI=1S/C22H22N2O2/c1-22(2,3)24-13-17-19(14-8-6-5-7-9-14)16-12-15(26-4)10-11-18(16)23-20(17)21(24)25/h5-12H,13H2,1-4H3. The zero-order valence-corrected chi connectivity index (χ0v) is 15.5. The van der Waals surface area contributed by atoms with Gasteiger partial charge in [0.25, 0.3) is 5.91 Å². The van der Waals surface area contributed by atoms with Crippen molar-refractivity contribution in [3.05, 3.63) is 59.8 Å². The van der Waals surface area contributed by atoms with Crippen LogP contribution < -0.4 is 4.74 Å². The molecule has 1 aromatic heterocycles. The number of benzene rings is 2. The van der Waals surface area contributed by atoms with Crippen molar-refractivity contribution in [2.75, 3.05) is 7.11 Å². The van der Waals surface area contributed by atoms with E-state index >= 15 is 0 Å². The highest BCUT2D eigenvalue weighted by molar-refractivity contribution is 6.06. The number of amides is 1. The molecule has 0 N–H and O–H groups in total. The van der Waals surface area contributed by atoms with E-state index in [0.717, 1.165) is 33.3 Å². The number of carbonyl (C=O) groups is 1. The van der Waals surface area contributed by atoms with Gasteiger partial charge in [0, 0.05) is 23.0 Å². The molecule has 2 aromatic carbocycles. The van der Waals surface area contributed by atoms with E-state index in [0.29, 0.717) is 12.2 Å². The van der Waals surface area contributed by atoms with Crippen molar-refractivity contribution in [2.24, 2.45) is 0 Å². The Labute approximate surface area is 153 Å². The summed E-state index contributed by atoms with van der Waals surface area (Å²) in [6.45, 7) is 6.74. The smallest absolute Gasteiger partial charge is 0.273 e. The fraction of sp³-hybridized carbons (Fsp3) is 0.273. The van der Waals surface area contributed by atoms with Crippen LogP contribution in [0, 0.1) is 0 Å². The van der Waals surface area contributed by atoms with Gasteiger partial charge in [0.1, 0.15) is 11.4 Å². The van der Waals surface area contributed by atoms with Crippen LogP contribution in [0.5, 0.6) is 5.75 Å². The summed E-state index contributed by atoms with van der Waals surface area (Å²) in [5, 5.41) is 1.01. The van der Waals surface area contributed by atoms with Crippen LogP contribution in [0.15, 0.2) is 48.5 Å². The Balaban J connectivity index is 2.05. The maximum atomic E-state index is 13.0. The molecule has 0 bridgehead atoms. The molecule has 0 fully saturated rings. The van der Waals surface area contributed by atoms with Crippen LogP contribution >= 0.6 is 0 Å². The first-order chi connectivity index (χ1) is 12.4. The van der Waals surface area contributed by atoms with Gasteiger partial charge in [-0.3, -0.25) is 4.79 Å². The minimum absolute atomic E-state index is 0.00222. The Morgan fingerprint density at radius 3 is 2.46 bits per heavy atom. The van der Waals surface area contributed by atoms with E-state index in [1.807, 2.05) is 41.3 Å². The lowest BCUT2D eigenvalue weighted by Crippen LogP contribution is -2.41. The highest BCUT2D eigenvalue weighted by Crippen LogP contribution is 2.40. The largest absolute Gasteiger partial charge is 0.497 e. The quantitative estimate of drug-likeness (QED) is 0.677. The molecule has 1 aliphatic rings. The second-order valence-corrected chi connectivity index (χ2v) is 7.63. The Hall–Kier alpha value is -2.88. The fourth-order valence-electron chi connectivity index (χ4n) is 3.57. The number of ether oxygens (including phenoxy) is 1. The summed E-state index contributed by atoms with van der Waals surface area (Å²) in [5.74, 6) is 0.788. The average Bonchev–Trinajstić information content (AvgIpc) is 2.96. The van der Waals surface area contributed by atoms with Crippen molar-refractivity contribution in [2.45, 2.75) is 32.9 Å². The number of methoxy groups -OCH3 is 1. The maximum absolute atomic E-state index is 13.0. The van der Waals surface area contributed by atoms with Gasteiger partial charge < -0.3 is 9.64 Å². The van der Waals surface area contributed by atoms with Gasteiger partial charge in [0.05, 0.1) is 12.6 Å². The molecule has 26 heavy (non-hydrogen) atoms. The summed E-state index contributed by atoms with van der Waals surface area (Å²) in [6, 6.07) is 16.0. The lowest BCUT2D eigenvalue weighted by Gasteiger charge is -2.31. The normalized spacial score (nSPS) is 14.0. The van der Waals surface area contributed by atoms with Crippen LogP contribution in [0.1, 0.15) is 36.8 Å². The minimum atomic E-state index is -0.254. The molecule has 1 amide bonds. The molecule has 0 saturated carbocycles. The third-order valence-electron chi connectivity index (χ3n) is 4.93. The first kappa shape index (κ1) is 16.6. The zero-order chi connectivity index (χ0) is 18.5. The monoisotopic (exact) mass is 346 g/mol. The molecule has 0 radical (unpaired) electrons. The molecular formula is C22H22N2O2. The lowest BCUT2D eigenvalue weighted by molar-refractivity contribution is 0.0606. The average molecular weight is 346 g/mol. The van der Waals surface area contributed by atoms with Gasteiger partial charge in [-0.25, -0.2) is 4.98 Å². The molecule has 0 atom stereocenters. The van der Waals surface area contributed by atoms with E-state index < -0.39 is 0 Å². The first-order valence-electron chi connectivity index (χ1n) is 8.78. The molecule has 0 unspecified atom stereocenters.